The topological polar surface area (TPSA) is 93.9 Å². The summed E-state index contributed by atoms with van der Waals surface area (Å²) < 4.78 is 5.22. The zero-order valence-electron chi connectivity index (χ0n) is 10.5. The van der Waals surface area contributed by atoms with Crippen LogP contribution >= 0.6 is 0 Å². The lowest BCUT2D eigenvalue weighted by molar-refractivity contribution is -0.757. The van der Waals surface area contributed by atoms with Gasteiger partial charge in [0.15, 0.2) is 0 Å². The smallest absolute Gasteiger partial charge is 0.407 e. The molecule has 0 saturated carbocycles. The summed E-state index contributed by atoms with van der Waals surface area (Å²) in [6.45, 7) is 2.13. The van der Waals surface area contributed by atoms with Crippen molar-refractivity contribution in [3.63, 3.8) is 0 Å². The Hall–Kier alpha value is -1.57. The number of nitrogens with zero attached hydrogens (tertiary/aromatic N) is 2. The maximum absolute atomic E-state index is 11.4. The summed E-state index contributed by atoms with van der Waals surface area (Å²) in [5.74, 6) is 0. The van der Waals surface area contributed by atoms with Gasteiger partial charge in [0.25, 0.3) is 5.09 Å². The minimum absolute atomic E-state index is 0.0263. The van der Waals surface area contributed by atoms with Gasteiger partial charge < -0.3 is 19.8 Å². The van der Waals surface area contributed by atoms with Crippen LogP contribution < -0.4 is 5.32 Å². The second-order valence-electron chi connectivity index (χ2n) is 4.25. The first kappa shape index (κ1) is 14.5. The van der Waals surface area contributed by atoms with E-state index in [9.17, 15) is 14.9 Å². The van der Waals surface area contributed by atoms with Crippen LogP contribution in [0.1, 0.15) is 19.3 Å². The molecular formula is C10H19N3O5. The maximum atomic E-state index is 11.4. The van der Waals surface area contributed by atoms with Gasteiger partial charge in [0, 0.05) is 19.6 Å². The summed E-state index contributed by atoms with van der Waals surface area (Å²) in [5.41, 5.74) is 0. The number of ether oxygens (including phenoxy) is 1. The van der Waals surface area contributed by atoms with Crippen molar-refractivity contribution < 1.29 is 19.5 Å². The van der Waals surface area contributed by atoms with Crippen molar-refractivity contribution in [3.8, 4) is 0 Å². The molecule has 0 radical (unpaired) electrons. The predicted octanol–water partition coefficient (Wildman–Crippen LogP) is 0.405. The summed E-state index contributed by atoms with van der Waals surface area (Å²) in [5, 5.41) is 11.5. The maximum Gasteiger partial charge on any atom is 0.407 e. The Morgan fingerprint density at radius 1 is 1.50 bits per heavy atom. The molecule has 0 atom stereocenters. The molecule has 1 fully saturated rings. The average Bonchev–Trinajstić information content (AvgIpc) is 2.31. The first-order chi connectivity index (χ1) is 8.58. The largest absolute Gasteiger partial charge is 0.446 e. The summed E-state index contributed by atoms with van der Waals surface area (Å²) in [4.78, 5) is 27.5. The Labute approximate surface area is 105 Å². The fraction of sp³-hybridized carbons (Fsp3) is 0.900. The van der Waals surface area contributed by atoms with Crippen LogP contribution in [0.2, 0.25) is 0 Å². The van der Waals surface area contributed by atoms with E-state index in [0.29, 0.717) is 13.0 Å². The number of hydrogen-bond acceptors (Lipinski definition) is 6. The van der Waals surface area contributed by atoms with Crippen LogP contribution in [0.4, 0.5) is 4.79 Å². The molecule has 1 aliphatic rings. The zero-order chi connectivity index (χ0) is 13.4. The number of piperidine rings is 1. The van der Waals surface area contributed by atoms with Crippen LogP contribution in [0.3, 0.4) is 0 Å². The molecule has 0 aromatic rings. The highest BCUT2D eigenvalue weighted by Crippen LogP contribution is 2.11. The SMILES string of the molecule is CN1CCC(OC(=O)NCCCO[N+](=O)[O-])CC1. The van der Waals surface area contributed by atoms with Crippen LogP contribution in [-0.2, 0) is 9.57 Å². The molecule has 1 amide bonds. The molecule has 8 heteroatoms. The molecule has 1 rings (SSSR count). The monoisotopic (exact) mass is 261 g/mol. The van der Waals surface area contributed by atoms with E-state index >= 15 is 0 Å². The Balaban J connectivity index is 2.01. The number of carbonyl (C=O) groups is 1. The lowest BCUT2D eigenvalue weighted by Crippen LogP contribution is -2.38. The van der Waals surface area contributed by atoms with E-state index in [2.05, 4.69) is 15.1 Å². The first-order valence-electron chi connectivity index (χ1n) is 5.98. The fourth-order valence-corrected chi connectivity index (χ4v) is 1.70. The Kier molecular flexibility index (Phi) is 6.20. The van der Waals surface area contributed by atoms with Crippen LogP contribution in [-0.4, -0.2) is 55.5 Å². The second-order valence-corrected chi connectivity index (χ2v) is 4.25. The number of alkyl carbamates (subject to hydrolysis) is 1. The molecule has 1 N–H and O–H groups in total. The van der Waals surface area contributed by atoms with E-state index in [1.165, 1.54) is 0 Å². The molecule has 104 valence electrons. The van der Waals surface area contributed by atoms with Crippen molar-refractivity contribution in [2.24, 2.45) is 0 Å². The first-order valence-corrected chi connectivity index (χ1v) is 5.98. The molecule has 0 aliphatic carbocycles. The zero-order valence-corrected chi connectivity index (χ0v) is 10.5. The number of nitrogens with one attached hydrogen (secondary N) is 1. The van der Waals surface area contributed by atoms with Gasteiger partial charge in [-0.2, -0.15) is 0 Å². The highest BCUT2D eigenvalue weighted by atomic mass is 16.9. The number of likely N-dealkylation sites (tertiary alicyclic amines) is 1. The standard InChI is InChI=1S/C10H19N3O5/c1-12-6-3-9(4-7-12)18-10(14)11-5-2-8-17-13(15)16/h9H,2-8H2,1H3,(H,11,14). The second kappa shape index (κ2) is 7.70. The summed E-state index contributed by atoms with van der Waals surface area (Å²) in [6, 6.07) is 0. The highest BCUT2D eigenvalue weighted by Gasteiger charge is 2.19. The summed E-state index contributed by atoms with van der Waals surface area (Å²) in [7, 11) is 2.03. The van der Waals surface area contributed by atoms with E-state index in [1.807, 2.05) is 7.05 Å². The van der Waals surface area contributed by atoms with E-state index in [1.54, 1.807) is 0 Å². The number of amides is 1. The van der Waals surface area contributed by atoms with Crippen LogP contribution in [0.15, 0.2) is 0 Å². The van der Waals surface area contributed by atoms with Gasteiger partial charge in [-0.15, -0.1) is 10.1 Å². The minimum Gasteiger partial charge on any atom is -0.446 e. The van der Waals surface area contributed by atoms with Gasteiger partial charge in [0.05, 0.1) is 6.61 Å². The van der Waals surface area contributed by atoms with E-state index in [4.69, 9.17) is 4.74 Å². The van der Waals surface area contributed by atoms with Gasteiger partial charge in [-0.05, 0) is 26.3 Å². The number of hydrogen-bond donors (Lipinski definition) is 1. The van der Waals surface area contributed by atoms with Gasteiger partial charge in [0.2, 0.25) is 0 Å². The Morgan fingerprint density at radius 3 is 2.78 bits per heavy atom. The van der Waals surface area contributed by atoms with E-state index in [0.717, 1.165) is 25.9 Å². The quantitative estimate of drug-likeness (QED) is 0.422. The molecule has 1 aliphatic heterocycles. The molecule has 0 aromatic carbocycles. The average molecular weight is 261 g/mol. The third kappa shape index (κ3) is 6.24. The van der Waals surface area contributed by atoms with Crippen LogP contribution in [0.25, 0.3) is 0 Å². The van der Waals surface area contributed by atoms with Crippen molar-refractivity contribution in [3.05, 3.63) is 10.1 Å². The molecule has 1 heterocycles. The van der Waals surface area contributed by atoms with Crippen LogP contribution in [0, 0.1) is 10.1 Å². The molecule has 8 nitrogen and oxygen atoms in total. The van der Waals surface area contributed by atoms with Crippen molar-refractivity contribution in [2.45, 2.75) is 25.4 Å². The minimum atomic E-state index is -0.850. The predicted molar refractivity (Wildman–Crippen MR) is 62.6 cm³/mol. The van der Waals surface area contributed by atoms with Crippen molar-refractivity contribution in [1.29, 1.82) is 0 Å². The Bertz CT molecular complexity index is 279. The van der Waals surface area contributed by atoms with Crippen molar-refractivity contribution >= 4 is 6.09 Å². The molecule has 1 saturated heterocycles. The van der Waals surface area contributed by atoms with Crippen molar-refractivity contribution in [1.82, 2.24) is 10.2 Å². The molecule has 0 aromatic heterocycles. The fourth-order valence-electron chi connectivity index (χ4n) is 1.70. The van der Waals surface area contributed by atoms with E-state index in [-0.39, 0.29) is 12.7 Å². The number of carbonyl (C=O) groups excluding carboxylic acids is 1. The van der Waals surface area contributed by atoms with Gasteiger partial charge in [-0.3, -0.25) is 0 Å². The molecule has 0 bridgehead atoms. The summed E-state index contributed by atoms with van der Waals surface area (Å²) in [6.07, 6.45) is 1.56. The van der Waals surface area contributed by atoms with Crippen LogP contribution in [0.5, 0.6) is 0 Å². The lowest BCUT2D eigenvalue weighted by atomic mass is 10.1. The van der Waals surface area contributed by atoms with Gasteiger partial charge in [-0.25, -0.2) is 4.79 Å². The van der Waals surface area contributed by atoms with Gasteiger partial charge in [0.1, 0.15) is 6.10 Å². The lowest BCUT2D eigenvalue weighted by Gasteiger charge is -2.28. The van der Waals surface area contributed by atoms with E-state index < -0.39 is 11.2 Å². The van der Waals surface area contributed by atoms with Gasteiger partial charge >= 0.3 is 6.09 Å². The normalized spacial score (nSPS) is 17.2. The van der Waals surface area contributed by atoms with Crippen molar-refractivity contribution in [2.75, 3.05) is 33.3 Å². The third-order valence-electron chi connectivity index (χ3n) is 2.73. The molecule has 18 heavy (non-hydrogen) atoms. The molecule has 0 unspecified atom stereocenters. The third-order valence-corrected chi connectivity index (χ3v) is 2.73. The highest BCUT2D eigenvalue weighted by molar-refractivity contribution is 5.67. The molecular weight excluding hydrogens is 242 g/mol. The Morgan fingerprint density at radius 2 is 2.17 bits per heavy atom. The number of rotatable bonds is 6. The summed E-state index contributed by atoms with van der Waals surface area (Å²) >= 11 is 0. The molecule has 0 spiro atoms. The van der Waals surface area contributed by atoms with Gasteiger partial charge in [-0.1, -0.05) is 0 Å².